The first-order chi connectivity index (χ1) is 5.68. The fourth-order valence-corrected chi connectivity index (χ4v) is 3.06. The Bertz CT molecular complexity index is 144. The lowest BCUT2D eigenvalue weighted by Gasteiger charge is -2.21. The van der Waals surface area contributed by atoms with Crippen LogP contribution in [0, 0.1) is 0 Å². The maximum Gasteiger partial charge on any atom is 0.261 e. The molecule has 0 radical (unpaired) electrons. The molecular formula is C7H18NO2PS. The third-order valence-electron chi connectivity index (χ3n) is 1.15. The first-order valence-corrected chi connectivity index (χ1v) is 6.96. The van der Waals surface area contributed by atoms with Gasteiger partial charge in [-0.2, -0.15) is 0 Å². The molecular weight excluding hydrogens is 193 g/mol. The molecule has 5 heteroatoms. The summed E-state index contributed by atoms with van der Waals surface area (Å²) in [6.07, 6.45) is 1.04. The van der Waals surface area contributed by atoms with Crippen molar-refractivity contribution in [1.82, 2.24) is 5.09 Å². The molecule has 0 amide bonds. The van der Waals surface area contributed by atoms with Gasteiger partial charge in [0.05, 0.1) is 13.2 Å². The van der Waals surface area contributed by atoms with Crippen molar-refractivity contribution in [2.75, 3.05) is 19.8 Å². The van der Waals surface area contributed by atoms with Crippen LogP contribution >= 0.6 is 6.64 Å². The smallest absolute Gasteiger partial charge is 0.261 e. The standard InChI is InChI=1S/C7H18NO2PS/c1-4-7-8-11(12,9-5-2)10-6-3/h4-7H2,1-3H3,(H,8,12). The second-order valence-corrected chi connectivity index (χ2v) is 5.51. The van der Waals surface area contributed by atoms with Crippen LogP contribution in [0.1, 0.15) is 27.2 Å². The van der Waals surface area contributed by atoms with E-state index in [4.69, 9.17) is 20.9 Å². The van der Waals surface area contributed by atoms with Gasteiger partial charge in [0.25, 0.3) is 6.64 Å². The molecule has 0 saturated carbocycles. The Morgan fingerprint density at radius 2 is 1.67 bits per heavy atom. The summed E-state index contributed by atoms with van der Waals surface area (Å²) in [5, 5.41) is 3.13. The molecule has 0 rings (SSSR count). The van der Waals surface area contributed by atoms with Crippen LogP contribution in [-0.4, -0.2) is 19.8 Å². The molecule has 1 N–H and O–H groups in total. The first-order valence-electron chi connectivity index (χ1n) is 4.32. The third kappa shape index (κ3) is 5.22. The van der Waals surface area contributed by atoms with Crippen LogP contribution in [0.5, 0.6) is 0 Å². The van der Waals surface area contributed by atoms with E-state index in [0.717, 1.165) is 13.0 Å². The van der Waals surface area contributed by atoms with E-state index in [1.807, 2.05) is 13.8 Å². The fourth-order valence-electron chi connectivity index (χ4n) is 0.717. The highest BCUT2D eigenvalue weighted by Gasteiger charge is 2.15. The van der Waals surface area contributed by atoms with Gasteiger partial charge in [-0.3, -0.25) is 0 Å². The van der Waals surface area contributed by atoms with Crippen molar-refractivity contribution in [3.05, 3.63) is 0 Å². The minimum absolute atomic E-state index is 0.605. The van der Waals surface area contributed by atoms with Crippen LogP contribution in [0.4, 0.5) is 0 Å². The number of nitrogens with one attached hydrogen (secondary N) is 1. The maximum atomic E-state index is 5.36. The highest BCUT2D eigenvalue weighted by Crippen LogP contribution is 2.43. The Balaban J connectivity index is 3.90. The van der Waals surface area contributed by atoms with Crippen LogP contribution in [0.25, 0.3) is 0 Å². The number of rotatable bonds is 7. The SMILES string of the molecule is CCCNP(=S)(OCC)OCC. The lowest BCUT2D eigenvalue weighted by molar-refractivity contribution is 0.258. The summed E-state index contributed by atoms with van der Waals surface area (Å²) in [4.78, 5) is 0. The molecule has 12 heavy (non-hydrogen) atoms. The lowest BCUT2D eigenvalue weighted by atomic mass is 10.5. The maximum absolute atomic E-state index is 5.36. The molecule has 0 aliphatic heterocycles. The molecule has 0 aliphatic rings. The van der Waals surface area contributed by atoms with E-state index in [2.05, 4.69) is 12.0 Å². The molecule has 0 aliphatic carbocycles. The predicted molar refractivity (Wildman–Crippen MR) is 55.8 cm³/mol. The summed E-state index contributed by atoms with van der Waals surface area (Å²) >= 11 is 5.22. The monoisotopic (exact) mass is 211 g/mol. The molecule has 0 aromatic heterocycles. The molecule has 0 bridgehead atoms. The van der Waals surface area contributed by atoms with Crippen molar-refractivity contribution in [2.45, 2.75) is 27.2 Å². The van der Waals surface area contributed by atoms with E-state index in [0.29, 0.717) is 13.2 Å². The zero-order valence-corrected chi connectivity index (χ0v) is 9.71. The molecule has 0 saturated heterocycles. The van der Waals surface area contributed by atoms with Crippen molar-refractivity contribution >= 4 is 18.4 Å². The van der Waals surface area contributed by atoms with E-state index in [9.17, 15) is 0 Å². The van der Waals surface area contributed by atoms with Crippen LogP contribution in [0.15, 0.2) is 0 Å². The Hall–Kier alpha value is 0.530. The van der Waals surface area contributed by atoms with Gasteiger partial charge in [0.1, 0.15) is 0 Å². The topological polar surface area (TPSA) is 30.5 Å². The van der Waals surface area contributed by atoms with Gasteiger partial charge in [-0.15, -0.1) is 0 Å². The summed E-state index contributed by atoms with van der Waals surface area (Å²) in [6.45, 7) is 5.85. The van der Waals surface area contributed by atoms with E-state index >= 15 is 0 Å². The molecule has 0 heterocycles. The highest BCUT2D eigenvalue weighted by molar-refractivity contribution is 8.08. The van der Waals surface area contributed by atoms with E-state index < -0.39 is 6.64 Å². The molecule has 0 atom stereocenters. The molecule has 74 valence electrons. The summed E-state index contributed by atoms with van der Waals surface area (Å²) in [5.74, 6) is 0. The quantitative estimate of drug-likeness (QED) is 0.654. The minimum Gasteiger partial charge on any atom is -0.318 e. The fraction of sp³-hybridized carbons (Fsp3) is 1.00. The third-order valence-corrected chi connectivity index (χ3v) is 3.98. The van der Waals surface area contributed by atoms with Crippen molar-refractivity contribution < 1.29 is 9.05 Å². The lowest BCUT2D eigenvalue weighted by Crippen LogP contribution is -2.15. The molecule has 0 aromatic carbocycles. The second kappa shape index (κ2) is 6.98. The number of hydrogen-bond donors (Lipinski definition) is 1. The van der Waals surface area contributed by atoms with Gasteiger partial charge in [-0.05, 0) is 32.1 Å². The van der Waals surface area contributed by atoms with Crippen LogP contribution in [0.2, 0.25) is 0 Å². The summed E-state index contributed by atoms with van der Waals surface area (Å²) in [7, 11) is 0. The van der Waals surface area contributed by atoms with Crippen molar-refractivity contribution in [1.29, 1.82) is 0 Å². The Kier molecular flexibility index (Phi) is 7.29. The van der Waals surface area contributed by atoms with Crippen LogP contribution < -0.4 is 5.09 Å². The molecule has 0 aromatic rings. The van der Waals surface area contributed by atoms with Gasteiger partial charge >= 0.3 is 0 Å². The molecule has 0 unspecified atom stereocenters. The van der Waals surface area contributed by atoms with Gasteiger partial charge in [0.2, 0.25) is 0 Å². The van der Waals surface area contributed by atoms with Gasteiger partial charge in [-0.1, -0.05) is 6.92 Å². The molecule has 0 fully saturated rings. The molecule has 3 nitrogen and oxygen atoms in total. The average Bonchev–Trinajstić information content (AvgIpc) is 2.02. The van der Waals surface area contributed by atoms with Crippen molar-refractivity contribution in [3.63, 3.8) is 0 Å². The first kappa shape index (κ1) is 12.5. The van der Waals surface area contributed by atoms with Gasteiger partial charge in [0.15, 0.2) is 0 Å². The summed E-state index contributed by atoms with van der Waals surface area (Å²) in [5.41, 5.74) is 0. The van der Waals surface area contributed by atoms with E-state index in [1.165, 1.54) is 0 Å². The Morgan fingerprint density at radius 1 is 1.17 bits per heavy atom. The predicted octanol–water partition coefficient (Wildman–Crippen LogP) is 2.28. The van der Waals surface area contributed by atoms with E-state index in [1.54, 1.807) is 0 Å². The highest BCUT2D eigenvalue weighted by atomic mass is 32.5. The normalized spacial score (nSPS) is 11.9. The Morgan fingerprint density at radius 3 is 2.00 bits per heavy atom. The zero-order chi connectivity index (χ0) is 9.45. The zero-order valence-electron chi connectivity index (χ0n) is 8.00. The summed E-state index contributed by atoms with van der Waals surface area (Å²) < 4.78 is 10.7. The largest absolute Gasteiger partial charge is 0.318 e. The second-order valence-electron chi connectivity index (χ2n) is 2.24. The van der Waals surface area contributed by atoms with Crippen molar-refractivity contribution in [2.24, 2.45) is 0 Å². The van der Waals surface area contributed by atoms with Crippen LogP contribution in [-0.2, 0) is 20.9 Å². The van der Waals surface area contributed by atoms with Crippen molar-refractivity contribution in [3.8, 4) is 0 Å². The Labute approximate surface area is 80.1 Å². The van der Waals surface area contributed by atoms with Gasteiger partial charge < -0.3 is 9.05 Å². The van der Waals surface area contributed by atoms with E-state index in [-0.39, 0.29) is 0 Å². The minimum atomic E-state index is -2.15. The van der Waals surface area contributed by atoms with Crippen LogP contribution in [0.3, 0.4) is 0 Å². The number of hydrogen-bond acceptors (Lipinski definition) is 3. The average molecular weight is 211 g/mol. The van der Waals surface area contributed by atoms with Gasteiger partial charge in [0, 0.05) is 6.54 Å². The molecule has 0 spiro atoms. The van der Waals surface area contributed by atoms with Gasteiger partial charge in [-0.25, -0.2) is 5.09 Å². The summed E-state index contributed by atoms with van der Waals surface area (Å²) in [6, 6.07) is 0.